The van der Waals surface area contributed by atoms with E-state index in [1.165, 1.54) is 37.3 Å². The summed E-state index contributed by atoms with van der Waals surface area (Å²) < 4.78 is 74.9. The Balaban J connectivity index is 0.000000175. The SMILES string of the molecule is CN1CC=C(c2ccc3c(N4CCC(=O)NC4=O)cncc3c2)C(F)(F)C1.COc1cc2nn(C3CCCCC3)cc2cc1NC(=O)c1cccc(C(F)(F)F)n1. The molecule has 12 nitrogen and oxygen atoms in total. The van der Waals surface area contributed by atoms with E-state index in [0.29, 0.717) is 40.7 Å². The van der Waals surface area contributed by atoms with Gasteiger partial charge >= 0.3 is 12.2 Å². The van der Waals surface area contributed by atoms with Gasteiger partial charge in [0.05, 0.1) is 42.8 Å². The molecule has 1 saturated heterocycles. The van der Waals surface area contributed by atoms with Gasteiger partial charge in [-0.2, -0.15) is 27.1 Å². The number of benzene rings is 2. The van der Waals surface area contributed by atoms with Crippen LogP contribution in [0.15, 0.2) is 73.2 Å². The van der Waals surface area contributed by atoms with E-state index >= 15 is 0 Å². The normalized spacial score (nSPS) is 17.8. The van der Waals surface area contributed by atoms with Crippen LogP contribution in [0.4, 0.5) is 38.1 Å². The maximum Gasteiger partial charge on any atom is 0.433 e. The van der Waals surface area contributed by atoms with E-state index in [0.717, 1.165) is 41.3 Å². The number of ether oxygens (including phenoxy) is 1. The molecule has 0 radical (unpaired) electrons. The summed E-state index contributed by atoms with van der Waals surface area (Å²) in [5.41, 5.74) is 0.626. The van der Waals surface area contributed by atoms with Gasteiger partial charge in [-0.3, -0.25) is 34.4 Å². The van der Waals surface area contributed by atoms with Crippen LogP contribution < -0.4 is 20.3 Å². The number of amides is 4. The van der Waals surface area contributed by atoms with Crippen molar-refractivity contribution in [3.8, 4) is 5.75 Å². The molecule has 2 aromatic carbocycles. The summed E-state index contributed by atoms with van der Waals surface area (Å²) in [5, 5.41) is 11.7. The minimum absolute atomic E-state index is 0.00853. The van der Waals surface area contributed by atoms with Gasteiger partial charge in [0, 0.05) is 59.7 Å². The van der Waals surface area contributed by atoms with Crippen molar-refractivity contribution in [1.29, 1.82) is 0 Å². The zero-order valence-electron chi connectivity index (χ0n) is 31.1. The smallest absolute Gasteiger partial charge is 0.433 e. The van der Waals surface area contributed by atoms with Crippen LogP contribution in [0.2, 0.25) is 0 Å². The average molecular weight is 791 g/mol. The Labute approximate surface area is 323 Å². The van der Waals surface area contributed by atoms with E-state index in [9.17, 15) is 36.3 Å². The van der Waals surface area contributed by atoms with Crippen LogP contribution in [-0.4, -0.2) is 82.2 Å². The Bertz CT molecular complexity index is 2370. The molecule has 0 atom stereocenters. The highest BCUT2D eigenvalue weighted by molar-refractivity contribution is 6.10. The molecule has 0 bridgehead atoms. The minimum Gasteiger partial charge on any atom is -0.494 e. The van der Waals surface area contributed by atoms with Gasteiger partial charge in [0.1, 0.15) is 17.1 Å². The summed E-state index contributed by atoms with van der Waals surface area (Å²) in [6.45, 7) is 0.392. The molecule has 5 heterocycles. The maximum atomic E-state index is 14.4. The summed E-state index contributed by atoms with van der Waals surface area (Å²) in [4.78, 5) is 46.6. The van der Waals surface area contributed by atoms with Gasteiger partial charge in [0.25, 0.3) is 11.8 Å². The average Bonchev–Trinajstić information content (AvgIpc) is 3.60. The van der Waals surface area contributed by atoms with Crippen LogP contribution in [0, 0.1) is 0 Å². The van der Waals surface area contributed by atoms with E-state index in [2.05, 4.69) is 25.7 Å². The van der Waals surface area contributed by atoms with Crippen LogP contribution in [0.1, 0.15) is 66.3 Å². The van der Waals surface area contributed by atoms with Crippen LogP contribution in [0.3, 0.4) is 0 Å². The van der Waals surface area contributed by atoms with Gasteiger partial charge in [-0.1, -0.05) is 43.5 Å². The fourth-order valence-electron chi connectivity index (χ4n) is 7.33. The summed E-state index contributed by atoms with van der Waals surface area (Å²) >= 11 is 0. The Hall–Kier alpha value is -5.97. The molecule has 2 fully saturated rings. The fraction of sp³-hybridized carbons (Fsp3) is 0.350. The lowest BCUT2D eigenvalue weighted by Gasteiger charge is -2.30. The quantitative estimate of drug-likeness (QED) is 0.166. The van der Waals surface area contributed by atoms with Crippen molar-refractivity contribution in [3.63, 3.8) is 0 Å². The number of hydrogen-bond acceptors (Lipinski definition) is 8. The monoisotopic (exact) mass is 790 g/mol. The number of nitrogens with zero attached hydrogens (tertiary/aromatic N) is 6. The number of carbonyl (C=O) groups is 3. The number of rotatable bonds is 6. The van der Waals surface area contributed by atoms with Crippen molar-refractivity contribution in [2.24, 2.45) is 0 Å². The van der Waals surface area contributed by atoms with Crippen molar-refractivity contribution >= 4 is 56.5 Å². The van der Waals surface area contributed by atoms with Crippen molar-refractivity contribution < 1.29 is 41.1 Å². The van der Waals surface area contributed by atoms with Crippen molar-refractivity contribution in [2.45, 2.75) is 56.7 Å². The first-order valence-corrected chi connectivity index (χ1v) is 18.4. The van der Waals surface area contributed by atoms with E-state index in [1.54, 1.807) is 60.7 Å². The number of alkyl halides is 5. The van der Waals surface area contributed by atoms with E-state index in [-0.39, 0.29) is 36.7 Å². The van der Waals surface area contributed by atoms with Crippen LogP contribution in [-0.2, 0) is 11.0 Å². The number of halogens is 5. The van der Waals surface area contributed by atoms with Gasteiger partial charge in [-0.05, 0) is 49.7 Å². The molecule has 2 aliphatic heterocycles. The number of nitrogens with one attached hydrogen (secondary N) is 2. The molecule has 57 heavy (non-hydrogen) atoms. The molecule has 1 saturated carbocycles. The number of carbonyl (C=O) groups excluding carboxylic acids is 3. The van der Waals surface area contributed by atoms with Crippen LogP contribution in [0.5, 0.6) is 5.75 Å². The van der Waals surface area contributed by atoms with Gasteiger partial charge in [-0.25, -0.2) is 9.78 Å². The van der Waals surface area contributed by atoms with Crippen molar-refractivity contribution in [2.75, 3.05) is 44.0 Å². The molecule has 1 aliphatic carbocycles. The van der Waals surface area contributed by atoms with Crippen LogP contribution in [0.25, 0.3) is 27.2 Å². The maximum absolute atomic E-state index is 14.4. The lowest BCUT2D eigenvalue weighted by Crippen LogP contribution is -2.49. The second-order valence-corrected chi connectivity index (χ2v) is 14.2. The first-order valence-electron chi connectivity index (χ1n) is 18.4. The molecule has 298 valence electrons. The van der Waals surface area contributed by atoms with Gasteiger partial charge in [0.2, 0.25) is 5.91 Å². The molecule has 3 aromatic heterocycles. The first kappa shape index (κ1) is 39.3. The largest absolute Gasteiger partial charge is 0.494 e. The highest BCUT2D eigenvalue weighted by Gasteiger charge is 2.39. The number of imide groups is 1. The molecule has 8 rings (SSSR count). The van der Waals surface area contributed by atoms with Crippen molar-refractivity contribution in [3.05, 3.63) is 90.1 Å². The highest BCUT2D eigenvalue weighted by atomic mass is 19.4. The molecule has 0 spiro atoms. The molecule has 0 unspecified atom stereocenters. The predicted molar refractivity (Wildman–Crippen MR) is 203 cm³/mol. The number of anilines is 2. The Kier molecular flexibility index (Phi) is 10.9. The third-order valence-electron chi connectivity index (χ3n) is 10.2. The minimum atomic E-state index is -4.62. The Morgan fingerprint density at radius 1 is 1.02 bits per heavy atom. The molecular weight excluding hydrogens is 751 g/mol. The van der Waals surface area contributed by atoms with Crippen LogP contribution >= 0.6 is 0 Å². The van der Waals surface area contributed by atoms with Crippen molar-refractivity contribution in [1.82, 2.24) is 30.0 Å². The Morgan fingerprint density at radius 3 is 2.53 bits per heavy atom. The predicted octanol–water partition coefficient (Wildman–Crippen LogP) is 7.86. The number of methoxy groups -OCH3 is 1. The number of hydrogen-bond donors (Lipinski definition) is 2. The first-order chi connectivity index (χ1) is 27.2. The number of pyridine rings is 2. The number of urea groups is 1. The second kappa shape index (κ2) is 15.9. The number of fused-ring (bicyclic) bond motifs is 2. The molecule has 4 amide bonds. The molecule has 3 aliphatic rings. The zero-order chi connectivity index (χ0) is 40.5. The lowest BCUT2D eigenvalue weighted by molar-refractivity contribution is -0.141. The highest BCUT2D eigenvalue weighted by Crippen LogP contribution is 2.38. The van der Waals surface area contributed by atoms with E-state index in [1.807, 2.05) is 10.9 Å². The lowest BCUT2D eigenvalue weighted by atomic mass is 9.94. The van der Waals surface area contributed by atoms with Gasteiger partial charge in [0.15, 0.2) is 0 Å². The molecular formula is C40H39F5N8O4. The molecule has 17 heteroatoms. The van der Waals surface area contributed by atoms with Gasteiger partial charge < -0.3 is 10.1 Å². The third kappa shape index (κ3) is 8.57. The van der Waals surface area contributed by atoms with E-state index < -0.39 is 29.7 Å². The fourth-order valence-corrected chi connectivity index (χ4v) is 7.33. The molecule has 5 aromatic rings. The molecule has 2 N–H and O–H groups in total. The van der Waals surface area contributed by atoms with Gasteiger partial charge in [-0.15, -0.1) is 0 Å². The number of aromatic nitrogens is 4. The summed E-state index contributed by atoms with van der Waals surface area (Å²) in [6.07, 6.45) is 7.94. The summed E-state index contributed by atoms with van der Waals surface area (Å²) in [5.74, 6) is -3.63. The topological polar surface area (TPSA) is 135 Å². The Morgan fingerprint density at radius 2 is 1.81 bits per heavy atom. The summed E-state index contributed by atoms with van der Waals surface area (Å²) in [7, 11) is 3.11. The zero-order valence-corrected chi connectivity index (χ0v) is 31.1. The van der Waals surface area contributed by atoms with E-state index in [4.69, 9.17) is 4.74 Å². The second-order valence-electron chi connectivity index (χ2n) is 14.2. The summed E-state index contributed by atoms with van der Waals surface area (Å²) in [6, 6.07) is 11.5. The standard InChI is InChI=1S/C21H21F3N4O2.C19H18F2N4O2/c1-30-18-11-16-13(12-28(27-16)14-6-3-2-4-7-14)10-17(18)26-20(29)15-8-5-9-19(25-15)21(22,23)24;1-24-6-4-15(19(20,21)11-24)12-2-3-14-13(8-12)9-22-10-16(14)25-7-5-17(26)23-18(25)27/h5,8-12,14H,2-4,6-7H2,1H3,(H,26,29);2-4,8-10H,5-7,11H2,1H3,(H,23,26,27). The third-order valence-corrected chi connectivity index (χ3v) is 10.2. The number of likely N-dealkylation sites (N-methyl/N-ethyl adjacent to an activating group) is 1.